The molecule has 0 unspecified atom stereocenters. The summed E-state index contributed by atoms with van der Waals surface area (Å²) in [5.74, 6) is -1.67. The zero-order chi connectivity index (χ0) is 33.0. The van der Waals surface area contributed by atoms with Gasteiger partial charge in [-0.05, 0) is 65.9 Å². The lowest BCUT2D eigenvalue weighted by Crippen LogP contribution is -2.48. The van der Waals surface area contributed by atoms with Crippen molar-refractivity contribution in [1.29, 1.82) is 0 Å². The molecule has 2 amide bonds. The van der Waals surface area contributed by atoms with E-state index >= 15 is 0 Å². The molecular weight excluding hydrogens is 609 g/mol. The van der Waals surface area contributed by atoms with E-state index in [2.05, 4.69) is 31.8 Å². The van der Waals surface area contributed by atoms with Crippen molar-refractivity contribution in [2.45, 2.75) is 45.7 Å². The van der Waals surface area contributed by atoms with Gasteiger partial charge in [0.2, 0.25) is 10.0 Å². The summed E-state index contributed by atoms with van der Waals surface area (Å²) in [4.78, 5) is 34.2. The molecule has 1 saturated heterocycles. The Morgan fingerprint density at radius 1 is 0.911 bits per heavy atom. The first-order chi connectivity index (χ1) is 21.0. The summed E-state index contributed by atoms with van der Waals surface area (Å²) in [6.45, 7) is 10.7. The first kappa shape index (κ1) is 33.8. The number of alkyl halides is 3. The van der Waals surface area contributed by atoms with Crippen molar-refractivity contribution in [1.82, 2.24) is 14.6 Å². The molecule has 1 aliphatic rings. The van der Waals surface area contributed by atoms with E-state index in [-0.39, 0.29) is 16.9 Å². The fraction of sp³-hybridized carbons (Fsp3) is 0.406. The second-order valence-corrected chi connectivity index (χ2v) is 13.7. The minimum Gasteiger partial charge on any atom is -0.492 e. The highest BCUT2D eigenvalue weighted by Gasteiger charge is 2.31. The van der Waals surface area contributed by atoms with Crippen LogP contribution in [0.4, 0.5) is 18.9 Å². The van der Waals surface area contributed by atoms with E-state index in [1.165, 1.54) is 12.1 Å². The van der Waals surface area contributed by atoms with Gasteiger partial charge in [0.15, 0.2) is 0 Å². The average Bonchev–Trinajstić information content (AvgIpc) is 2.99. The molecule has 0 radical (unpaired) electrons. The van der Waals surface area contributed by atoms with Gasteiger partial charge in [-0.2, -0.15) is 13.2 Å². The first-order valence-corrected chi connectivity index (χ1v) is 16.2. The van der Waals surface area contributed by atoms with E-state index in [4.69, 9.17) is 4.74 Å². The van der Waals surface area contributed by atoms with Crippen LogP contribution < -0.4 is 14.4 Å². The normalized spacial score (nSPS) is 14.3. The smallest absolute Gasteiger partial charge is 0.390 e. The lowest BCUT2D eigenvalue weighted by Gasteiger charge is -2.36. The van der Waals surface area contributed by atoms with Crippen LogP contribution in [0.3, 0.4) is 0 Å². The minimum atomic E-state index is -4.65. The molecule has 13 heteroatoms. The molecule has 242 valence electrons. The molecule has 3 aromatic rings. The Morgan fingerprint density at radius 2 is 1.58 bits per heavy atom. The number of pyridine rings is 1. The van der Waals surface area contributed by atoms with Crippen LogP contribution in [0.15, 0.2) is 60.9 Å². The van der Waals surface area contributed by atoms with Gasteiger partial charge < -0.3 is 14.5 Å². The first-order valence-electron chi connectivity index (χ1n) is 14.5. The average molecular weight is 647 g/mol. The number of hydrogen-bond acceptors (Lipinski definition) is 7. The Hall–Kier alpha value is -4.13. The number of benzene rings is 2. The fourth-order valence-electron chi connectivity index (χ4n) is 4.85. The van der Waals surface area contributed by atoms with Crippen molar-refractivity contribution in [3.05, 3.63) is 77.6 Å². The van der Waals surface area contributed by atoms with Gasteiger partial charge in [-0.25, -0.2) is 13.1 Å². The topological polar surface area (TPSA) is 109 Å². The quantitative estimate of drug-likeness (QED) is 0.331. The number of rotatable bonds is 9. The minimum absolute atomic E-state index is 0.000301. The Labute approximate surface area is 261 Å². The summed E-state index contributed by atoms with van der Waals surface area (Å²) in [5, 5.41) is 0. The fourth-order valence-corrected chi connectivity index (χ4v) is 5.85. The largest absolute Gasteiger partial charge is 0.492 e. The molecule has 0 spiro atoms. The van der Waals surface area contributed by atoms with E-state index in [1.54, 1.807) is 34.1 Å². The number of piperazine rings is 1. The predicted molar refractivity (Wildman–Crippen MR) is 166 cm³/mol. The van der Waals surface area contributed by atoms with Crippen LogP contribution >= 0.6 is 0 Å². The van der Waals surface area contributed by atoms with Crippen LogP contribution in [0.25, 0.3) is 11.1 Å². The summed E-state index contributed by atoms with van der Waals surface area (Å²) in [6.07, 6.45) is -2.80. The van der Waals surface area contributed by atoms with Gasteiger partial charge in [0.1, 0.15) is 5.75 Å². The number of aromatic nitrogens is 1. The Morgan fingerprint density at radius 3 is 2.18 bits per heavy atom. The maximum Gasteiger partial charge on any atom is 0.390 e. The molecule has 9 nitrogen and oxygen atoms in total. The zero-order valence-electron chi connectivity index (χ0n) is 25.6. The molecule has 0 saturated carbocycles. The summed E-state index contributed by atoms with van der Waals surface area (Å²) in [6, 6.07) is 13.9. The monoisotopic (exact) mass is 646 g/mol. The Kier molecular flexibility index (Phi) is 10.1. The molecule has 1 aromatic heterocycles. The molecule has 2 aromatic carbocycles. The number of halogens is 3. The van der Waals surface area contributed by atoms with Crippen LogP contribution in [0, 0.1) is 0 Å². The molecule has 0 bridgehead atoms. The van der Waals surface area contributed by atoms with Crippen molar-refractivity contribution < 1.29 is 35.9 Å². The van der Waals surface area contributed by atoms with Crippen molar-refractivity contribution in [3.8, 4) is 16.9 Å². The summed E-state index contributed by atoms with van der Waals surface area (Å²) in [5.41, 5.74) is 3.87. The standard InChI is InChI=1S/C32H37F3N4O5S/c1-5-44-28-19-25(20-36-21-28)23-16-24(18-26(17-23)31(2,3)4)30(41)39-13-11-38(12-14-39)27-8-6-22(7-9-27)29(40)37-45(42,43)15-10-32(33,34)35/h6-9,16-21H,5,10-15H2,1-4H3,(H,37,40). The number of hydrogen-bond donors (Lipinski definition) is 1. The third-order valence-electron chi connectivity index (χ3n) is 7.37. The second-order valence-electron chi connectivity index (χ2n) is 11.8. The third-order valence-corrected chi connectivity index (χ3v) is 8.61. The van der Waals surface area contributed by atoms with Crippen LogP contribution in [0.1, 0.15) is 60.4 Å². The van der Waals surface area contributed by atoms with Crippen LogP contribution in [0.2, 0.25) is 0 Å². The van der Waals surface area contributed by atoms with Crippen molar-refractivity contribution >= 4 is 27.5 Å². The van der Waals surface area contributed by atoms with Gasteiger partial charge in [-0.15, -0.1) is 0 Å². The van der Waals surface area contributed by atoms with Crippen molar-refractivity contribution in [2.24, 2.45) is 0 Å². The highest BCUT2D eigenvalue weighted by Crippen LogP contribution is 2.31. The predicted octanol–water partition coefficient (Wildman–Crippen LogP) is 5.42. The summed E-state index contributed by atoms with van der Waals surface area (Å²) >= 11 is 0. The SMILES string of the molecule is CCOc1cncc(-c2cc(C(=O)N3CCN(c4ccc(C(=O)NS(=O)(=O)CCC(F)(F)F)cc4)CC3)cc(C(C)(C)C)c2)c1. The number of nitrogens with zero attached hydrogens (tertiary/aromatic N) is 3. The Balaban J connectivity index is 1.43. The molecular formula is C32H37F3N4O5S. The third kappa shape index (κ3) is 9.19. The molecule has 0 atom stereocenters. The molecule has 0 aliphatic carbocycles. The number of amides is 2. The van der Waals surface area contributed by atoms with Crippen LogP contribution in [0.5, 0.6) is 5.75 Å². The van der Waals surface area contributed by atoms with Crippen molar-refractivity contribution in [3.63, 3.8) is 0 Å². The molecule has 1 aliphatic heterocycles. The lowest BCUT2D eigenvalue weighted by atomic mass is 9.84. The van der Waals surface area contributed by atoms with E-state index in [0.717, 1.165) is 22.4 Å². The Bertz CT molecular complexity index is 1630. The van der Waals surface area contributed by atoms with Gasteiger partial charge in [-0.1, -0.05) is 26.8 Å². The highest BCUT2D eigenvalue weighted by molar-refractivity contribution is 7.90. The number of nitrogens with one attached hydrogen (secondary N) is 1. The van der Waals surface area contributed by atoms with Gasteiger partial charge in [0.25, 0.3) is 11.8 Å². The summed E-state index contributed by atoms with van der Waals surface area (Å²) < 4.78 is 68.2. The van der Waals surface area contributed by atoms with Crippen LogP contribution in [-0.2, 0) is 15.4 Å². The maximum atomic E-state index is 13.7. The summed E-state index contributed by atoms with van der Waals surface area (Å²) in [7, 11) is -4.44. The second kappa shape index (κ2) is 13.5. The number of carbonyl (C=O) groups excluding carboxylic acids is 2. The van der Waals surface area contributed by atoms with Gasteiger partial charge in [-0.3, -0.25) is 14.6 Å². The number of sulfonamides is 1. The van der Waals surface area contributed by atoms with Gasteiger partial charge in [0.05, 0.1) is 25.0 Å². The van der Waals surface area contributed by atoms with E-state index in [0.29, 0.717) is 44.1 Å². The van der Waals surface area contributed by atoms with E-state index < -0.39 is 34.3 Å². The number of carbonyl (C=O) groups is 2. The van der Waals surface area contributed by atoms with Gasteiger partial charge in [0, 0.05) is 54.8 Å². The molecule has 2 heterocycles. The van der Waals surface area contributed by atoms with Crippen LogP contribution in [-0.4, -0.2) is 74.8 Å². The van der Waals surface area contributed by atoms with E-state index in [9.17, 15) is 31.2 Å². The van der Waals surface area contributed by atoms with Gasteiger partial charge >= 0.3 is 6.18 Å². The van der Waals surface area contributed by atoms with Crippen molar-refractivity contribution in [2.75, 3.05) is 43.4 Å². The van der Waals surface area contributed by atoms with E-state index in [1.807, 2.05) is 30.0 Å². The zero-order valence-corrected chi connectivity index (χ0v) is 26.5. The lowest BCUT2D eigenvalue weighted by molar-refractivity contribution is -0.130. The molecule has 45 heavy (non-hydrogen) atoms. The molecule has 4 rings (SSSR count). The number of anilines is 1. The molecule has 1 N–H and O–H groups in total. The maximum absolute atomic E-state index is 13.7. The highest BCUT2D eigenvalue weighted by atomic mass is 32.2. The number of ether oxygens (including phenoxy) is 1. The molecule has 1 fully saturated rings.